The average molecular weight is 516 g/mol. The lowest BCUT2D eigenvalue weighted by molar-refractivity contribution is -0.116. The highest BCUT2D eigenvalue weighted by atomic mass is 32.2. The van der Waals surface area contributed by atoms with E-state index in [4.69, 9.17) is 4.74 Å². The Morgan fingerprint density at radius 2 is 1.89 bits per heavy atom. The third kappa shape index (κ3) is 6.12. The third-order valence-corrected chi connectivity index (χ3v) is 8.66. The van der Waals surface area contributed by atoms with Gasteiger partial charge in [0.1, 0.15) is 16.4 Å². The Morgan fingerprint density at radius 3 is 2.57 bits per heavy atom. The maximum absolute atomic E-state index is 13.1. The van der Waals surface area contributed by atoms with Crippen molar-refractivity contribution in [1.82, 2.24) is 4.98 Å². The molecule has 0 saturated heterocycles. The molecule has 1 fully saturated rings. The number of nitrogens with one attached hydrogen (secondary N) is 2. The first kappa shape index (κ1) is 25.0. The van der Waals surface area contributed by atoms with E-state index in [-0.39, 0.29) is 22.3 Å². The zero-order valence-corrected chi connectivity index (χ0v) is 21.3. The van der Waals surface area contributed by atoms with Gasteiger partial charge in [-0.2, -0.15) is 0 Å². The van der Waals surface area contributed by atoms with Gasteiger partial charge in [0.15, 0.2) is 5.13 Å². The first-order valence-electron chi connectivity index (χ1n) is 11.5. The van der Waals surface area contributed by atoms with Crippen molar-refractivity contribution in [1.29, 1.82) is 0 Å². The second-order valence-electron chi connectivity index (χ2n) is 8.69. The van der Waals surface area contributed by atoms with Crippen molar-refractivity contribution < 1.29 is 23.1 Å². The number of anilines is 2. The van der Waals surface area contributed by atoms with Crippen LogP contribution in [0.2, 0.25) is 0 Å². The molecule has 35 heavy (non-hydrogen) atoms. The van der Waals surface area contributed by atoms with Gasteiger partial charge in [-0.1, -0.05) is 37.0 Å². The van der Waals surface area contributed by atoms with Gasteiger partial charge in [-0.15, -0.1) is 0 Å². The lowest BCUT2D eigenvalue weighted by Gasteiger charge is -2.13. The summed E-state index contributed by atoms with van der Waals surface area (Å²) in [6, 6.07) is 10.6. The topological polar surface area (TPSA) is 118 Å². The van der Waals surface area contributed by atoms with E-state index in [1.54, 1.807) is 12.1 Å². The first-order chi connectivity index (χ1) is 16.7. The Hall–Kier alpha value is -3.11. The second kappa shape index (κ2) is 10.7. The van der Waals surface area contributed by atoms with E-state index in [0.29, 0.717) is 34.4 Å². The molecule has 3 aromatic rings. The Balaban J connectivity index is 1.54. The molecule has 1 saturated carbocycles. The number of methoxy groups -OCH3 is 1. The van der Waals surface area contributed by atoms with Gasteiger partial charge >= 0.3 is 0 Å². The summed E-state index contributed by atoms with van der Waals surface area (Å²) in [4.78, 5) is 17.6. The van der Waals surface area contributed by atoms with Crippen molar-refractivity contribution >= 4 is 38.1 Å². The van der Waals surface area contributed by atoms with Gasteiger partial charge in [-0.25, -0.2) is 13.4 Å². The van der Waals surface area contributed by atoms with Gasteiger partial charge in [-0.05, 0) is 67.3 Å². The molecule has 186 valence electrons. The predicted molar refractivity (Wildman–Crippen MR) is 138 cm³/mol. The van der Waals surface area contributed by atoms with Gasteiger partial charge < -0.3 is 15.2 Å². The number of hydrogen-bond acceptors (Lipinski definition) is 7. The monoisotopic (exact) mass is 515 g/mol. The number of aromatic nitrogens is 1. The number of rotatable bonds is 9. The summed E-state index contributed by atoms with van der Waals surface area (Å²) in [6.07, 6.45) is 6.30. The predicted octanol–water partition coefficient (Wildman–Crippen LogP) is 5.54. The van der Waals surface area contributed by atoms with Gasteiger partial charge in [0.05, 0.1) is 17.7 Å². The molecule has 1 aromatic heterocycles. The smallest absolute Gasteiger partial charge is 0.265 e. The van der Waals surface area contributed by atoms with Crippen molar-refractivity contribution in [2.24, 2.45) is 5.92 Å². The summed E-state index contributed by atoms with van der Waals surface area (Å²) >= 11 is 1.31. The molecule has 8 nitrogen and oxygen atoms in total. The maximum Gasteiger partial charge on any atom is 0.265 e. The molecule has 0 unspecified atom stereocenters. The van der Waals surface area contributed by atoms with Gasteiger partial charge in [0.2, 0.25) is 5.91 Å². The number of carbonyl (C=O) groups excluding carboxylic acids is 1. The van der Waals surface area contributed by atoms with Gasteiger partial charge in [-0.3, -0.25) is 9.52 Å². The van der Waals surface area contributed by atoms with Crippen molar-refractivity contribution in [2.45, 2.75) is 50.3 Å². The fraction of sp³-hybridized carbons (Fsp3) is 0.360. The van der Waals surface area contributed by atoms with Crippen LogP contribution in [0, 0.1) is 12.8 Å². The SMILES string of the molecule is COc1ccc(-c2sc(NC(=O)CCC3CCCC3)nc2C)cc1S(=O)(=O)Nc1ccc(O)cc1. The molecule has 10 heteroatoms. The van der Waals surface area contributed by atoms with Gasteiger partial charge in [0, 0.05) is 12.1 Å². The zero-order chi connectivity index (χ0) is 25.0. The van der Waals surface area contributed by atoms with E-state index in [1.807, 2.05) is 6.92 Å². The Morgan fingerprint density at radius 1 is 1.17 bits per heavy atom. The minimum Gasteiger partial charge on any atom is -0.508 e. The Kier molecular flexibility index (Phi) is 7.61. The molecule has 0 radical (unpaired) electrons. The second-order valence-corrected chi connectivity index (χ2v) is 11.3. The van der Waals surface area contributed by atoms with E-state index in [9.17, 15) is 18.3 Å². The number of aromatic hydroxyl groups is 1. The van der Waals surface area contributed by atoms with E-state index in [0.717, 1.165) is 11.3 Å². The number of hydrogen-bond donors (Lipinski definition) is 3. The van der Waals surface area contributed by atoms with Crippen molar-refractivity contribution in [2.75, 3.05) is 17.1 Å². The summed E-state index contributed by atoms with van der Waals surface area (Å²) in [5.41, 5.74) is 1.66. The van der Waals surface area contributed by atoms with Crippen LogP contribution in [0.5, 0.6) is 11.5 Å². The number of carbonyl (C=O) groups is 1. The summed E-state index contributed by atoms with van der Waals surface area (Å²) in [5.74, 6) is 0.828. The van der Waals surface area contributed by atoms with Crippen LogP contribution in [0.15, 0.2) is 47.4 Å². The van der Waals surface area contributed by atoms with Crippen molar-refractivity contribution in [3.8, 4) is 21.9 Å². The minimum absolute atomic E-state index is 0.0273. The lowest BCUT2D eigenvalue weighted by Crippen LogP contribution is -2.14. The summed E-state index contributed by atoms with van der Waals surface area (Å²) in [7, 11) is -2.57. The van der Waals surface area contributed by atoms with Crippen LogP contribution in [0.1, 0.15) is 44.2 Å². The molecule has 1 aliphatic carbocycles. The molecule has 0 aliphatic heterocycles. The highest BCUT2D eigenvalue weighted by molar-refractivity contribution is 7.92. The molecule has 0 atom stereocenters. The number of nitrogens with zero attached hydrogens (tertiary/aromatic N) is 1. The van der Waals surface area contributed by atoms with Crippen LogP contribution in [-0.4, -0.2) is 31.5 Å². The van der Waals surface area contributed by atoms with E-state index in [2.05, 4.69) is 15.0 Å². The molecule has 0 spiro atoms. The number of sulfonamides is 1. The van der Waals surface area contributed by atoms with Crippen LogP contribution in [0.25, 0.3) is 10.4 Å². The number of phenols is 1. The van der Waals surface area contributed by atoms with E-state index < -0.39 is 10.0 Å². The standard InChI is InChI=1S/C25H29N3O5S2/c1-16-24(34-25(26-16)27-23(30)14-7-17-5-3-4-6-17)18-8-13-21(33-2)22(15-18)35(31,32)28-19-9-11-20(29)12-10-19/h8-13,15,17,28-29H,3-7,14H2,1-2H3,(H,26,27,30). The van der Waals surface area contributed by atoms with Crippen LogP contribution >= 0.6 is 11.3 Å². The molecule has 1 aliphatic rings. The summed E-state index contributed by atoms with van der Waals surface area (Å²) in [6.45, 7) is 1.83. The molecular formula is C25H29N3O5S2. The molecule has 0 bridgehead atoms. The Bertz CT molecular complexity index is 1300. The lowest BCUT2D eigenvalue weighted by atomic mass is 10.0. The fourth-order valence-electron chi connectivity index (χ4n) is 4.30. The number of ether oxygens (including phenoxy) is 1. The summed E-state index contributed by atoms with van der Waals surface area (Å²) in [5, 5.41) is 12.8. The van der Waals surface area contributed by atoms with Gasteiger partial charge in [0.25, 0.3) is 10.0 Å². The number of aryl methyl sites for hydroxylation is 1. The first-order valence-corrected chi connectivity index (χ1v) is 13.8. The van der Waals surface area contributed by atoms with Crippen LogP contribution in [0.4, 0.5) is 10.8 Å². The quantitative estimate of drug-likeness (QED) is 0.322. The van der Waals surface area contributed by atoms with Crippen LogP contribution < -0.4 is 14.8 Å². The van der Waals surface area contributed by atoms with Crippen LogP contribution in [0.3, 0.4) is 0 Å². The van der Waals surface area contributed by atoms with E-state index >= 15 is 0 Å². The summed E-state index contributed by atoms with van der Waals surface area (Å²) < 4.78 is 34.1. The third-order valence-electron chi connectivity index (χ3n) is 6.13. The molecule has 3 N–H and O–H groups in total. The Labute approximate surface area is 209 Å². The fourth-order valence-corrected chi connectivity index (χ4v) is 6.53. The van der Waals surface area contributed by atoms with Crippen molar-refractivity contribution in [3.63, 3.8) is 0 Å². The maximum atomic E-state index is 13.1. The molecule has 1 heterocycles. The number of benzene rings is 2. The molecule has 4 rings (SSSR count). The zero-order valence-electron chi connectivity index (χ0n) is 19.7. The average Bonchev–Trinajstić information content (AvgIpc) is 3.48. The van der Waals surface area contributed by atoms with E-state index in [1.165, 1.54) is 74.5 Å². The number of thiazole rings is 1. The van der Waals surface area contributed by atoms with Crippen LogP contribution in [-0.2, 0) is 14.8 Å². The molecule has 1 amide bonds. The molecular weight excluding hydrogens is 486 g/mol. The van der Waals surface area contributed by atoms with Crippen molar-refractivity contribution in [3.05, 3.63) is 48.2 Å². The number of phenolic OH excluding ortho intramolecular Hbond substituents is 1. The minimum atomic E-state index is -3.98. The highest BCUT2D eigenvalue weighted by Crippen LogP contribution is 2.37. The normalized spacial score (nSPS) is 14.1. The highest BCUT2D eigenvalue weighted by Gasteiger charge is 2.23. The number of amides is 1. The largest absolute Gasteiger partial charge is 0.508 e. The molecule has 2 aromatic carbocycles.